The number of unbranched alkanes of at least 4 members (excludes halogenated alkanes) is 2. The van der Waals surface area contributed by atoms with Gasteiger partial charge in [0.15, 0.2) is 0 Å². The van der Waals surface area contributed by atoms with Crippen LogP contribution in [0.25, 0.3) is 0 Å². The summed E-state index contributed by atoms with van der Waals surface area (Å²) < 4.78 is 20.4. The molecule has 2 N–H and O–H groups in total. The van der Waals surface area contributed by atoms with Crippen LogP contribution in [0.3, 0.4) is 0 Å². The van der Waals surface area contributed by atoms with Crippen molar-refractivity contribution in [3.8, 4) is 11.5 Å². The van der Waals surface area contributed by atoms with Gasteiger partial charge in [-0.3, -0.25) is 9.79 Å². The maximum Gasteiger partial charge on any atom is 0.524 e. The molecule has 0 amide bonds. The second-order valence-electron chi connectivity index (χ2n) is 3.61. The maximum atomic E-state index is 10.6. The highest BCUT2D eigenvalue weighted by Gasteiger charge is 2.15. The van der Waals surface area contributed by atoms with Crippen LogP contribution in [-0.2, 0) is 4.57 Å². The average molecular weight is 260 g/mol. The van der Waals surface area contributed by atoms with Gasteiger partial charge in [-0.1, -0.05) is 19.8 Å². The Morgan fingerprint density at radius 3 is 2.24 bits per heavy atom. The zero-order chi connectivity index (χ0) is 12.7. The van der Waals surface area contributed by atoms with Crippen molar-refractivity contribution in [3.05, 3.63) is 24.3 Å². The van der Waals surface area contributed by atoms with E-state index < -0.39 is 7.82 Å². The van der Waals surface area contributed by atoms with Gasteiger partial charge in [0.05, 0.1) is 6.61 Å². The van der Waals surface area contributed by atoms with Gasteiger partial charge in [-0.15, -0.1) is 0 Å². The fourth-order valence-electron chi connectivity index (χ4n) is 1.28. The van der Waals surface area contributed by atoms with E-state index in [1.807, 2.05) is 0 Å². The molecular formula is C11H17O5P. The van der Waals surface area contributed by atoms with E-state index in [0.29, 0.717) is 12.4 Å². The van der Waals surface area contributed by atoms with Gasteiger partial charge < -0.3 is 9.26 Å². The van der Waals surface area contributed by atoms with E-state index in [2.05, 4.69) is 11.4 Å². The van der Waals surface area contributed by atoms with Gasteiger partial charge >= 0.3 is 7.82 Å². The third kappa shape index (κ3) is 6.31. The van der Waals surface area contributed by atoms with Crippen LogP contribution in [0.15, 0.2) is 24.3 Å². The van der Waals surface area contributed by atoms with Crippen molar-refractivity contribution in [1.82, 2.24) is 0 Å². The number of hydrogen-bond donors (Lipinski definition) is 2. The molecule has 0 fully saturated rings. The first-order chi connectivity index (χ1) is 8.01. The summed E-state index contributed by atoms with van der Waals surface area (Å²) in [6.45, 7) is 2.76. The molecule has 0 aromatic heterocycles. The average Bonchev–Trinajstić information content (AvgIpc) is 2.25. The SMILES string of the molecule is CCCCCOc1ccc(OP(=O)(O)O)cc1. The summed E-state index contributed by atoms with van der Waals surface area (Å²) in [6.07, 6.45) is 3.26. The molecule has 0 saturated heterocycles. The lowest BCUT2D eigenvalue weighted by molar-refractivity contribution is 0.282. The Balaban J connectivity index is 2.42. The second kappa shape index (κ2) is 6.64. The highest BCUT2D eigenvalue weighted by atomic mass is 31.2. The minimum atomic E-state index is -4.47. The molecule has 0 saturated carbocycles. The van der Waals surface area contributed by atoms with Gasteiger partial charge in [-0.25, -0.2) is 4.57 Å². The normalized spacial score (nSPS) is 11.2. The van der Waals surface area contributed by atoms with Crippen LogP contribution >= 0.6 is 7.82 Å². The minimum absolute atomic E-state index is 0.124. The molecule has 0 heterocycles. The molecule has 0 aliphatic heterocycles. The molecule has 17 heavy (non-hydrogen) atoms. The molecule has 5 nitrogen and oxygen atoms in total. The Morgan fingerprint density at radius 1 is 1.12 bits per heavy atom. The van der Waals surface area contributed by atoms with Crippen LogP contribution in [0.5, 0.6) is 11.5 Å². The van der Waals surface area contributed by atoms with Gasteiger partial charge in [0.2, 0.25) is 0 Å². The van der Waals surface area contributed by atoms with Crippen molar-refractivity contribution < 1.29 is 23.6 Å². The molecule has 0 atom stereocenters. The van der Waals surface area contributed by atoms with Crippen LogP contribution < -0.4 is 9.26 Å². The molecule has 0 aliphatic rings. The molecule has 1 aromatic rings. The van der Waals surface area contributed by atoms with Gasteiger partial charge in [0.1, 0.15) is 11.5 Å². The summed E-state index contributed by atoms with van der Waals surface area (Å²) in [5.74, 6) is 0.790. The maximum absolute atomic E-state index is 10.6. The van der Waals surface area contributed by atoms with E-state index in [4.69, 9.17) is 14.5 Å². The summed E-state index contributed by atoms with van der Waals surface area (Å²) in [6, 6.07) is 6.18. The van der Waals surface area contributed by atoms with Crippen LogP contribution in [0.1, 0.15) is 26.2 Å². The van der Waals surface area contributed by atoms with Crippen molar-refractivity contribution in [2.45, 2.75) is 26.2 Å². The van der Waals surface area contributed by atoms with Crippen molar-refractivity contribution in [2.75, 3.05) is 6.61 Å². The number of ether oxygens (including phenoxy) is 1. The lowest BCUT2D eigenvalue weighted by atomic mass is 10.3. The zero-order valence-corrected chi connectivity index (χ0v) is 10.6. The fraction of sp³-hybridized carbons (Fsp3) is 0.455. The smallest absolute Gasteiger partial charge is 0.494 e. The summed E-state index contributed by atoms with van der Waals surface area (Å²) >= 11 is 0. The monoisotopic (exact) mass is 260 g/mol. The highest BCUT2D eigenvalue weighted by Crippen LogP contribution is 2.37. The van der Waals surface area contributed by atoms with E-state index in [1.165, 1.54) is 12.1 Å². The van der Waals surface area contributed by atoms with Gasteiger partial charge in [0, 0.05) is 0 Å². The Kier molecular flexibility index (Phi) is 5.48. The number of rotatable bonds is 7. The summed E-state index contributed by atoms with van der Waals surface area (Å²) in [4.78, 5) is 17.2. The largest absolute Gasteiger partial charge is 0.524 e. The molecule has 1 rings (SSSR count). The lowest BCUT2D eigenvalue weighted by Crippen LogP contribution is -1.97. The van der Waals surface area contributed by atoms with Gasteiger partial charge in [-0.05, 0) is 30.7 Å². The molecule has 6 heteroatoms. The molecule has 0 radical (unpaired) electrons. The third-order valence-corrected chi connectivity index (χ3v) is 2.51. The lowest BCUT2D eigenvalue weighted by Gasteiger charge is -2.08. The minimum Gasteiger partial charge on any atom is -0.494 e. The molecule has 0 unspecified atom stereocenters. The first-order valence-electron chi connectivity index (χ1n) is 5.49. The van der Waals surface area contributed by atoms with Crippen LogP contribution in [0, 0.1) is 0 Å². The quantitative estimate of drug-likeness (QED) is 0.582. The predicted octanol–water partition coefficient (Wildman–Crippen LogP) is 2.73. The van der Waals surface area contributed by atoms with Gasteiger partial charge in [0.25, 0.3) is 0 Å². The van der Waals surface area contributed by atoms with E-state index in [9.17, 15) is 4.57 Å². The predicted molar refractivity (Wildman–Crippen MR) is 64.1 cm³/mol. The Morgan fingerprint density at radius 2 is 1.71 bits per heavy atom. The Bertz CT molecular complexity index is 370. The van der Waals surface area contributed by atoms with Crippen molar-refractivity contribution in [2.24, 2.45) is 0 Å². The van der Waals surface area contributed by atoms with Crippen molar-refractivity contribution in [1.29, 1.82) is 0 Å². The van der Waals surface area contributed by atoms with Crippen molar-refractivity contribution >= 4 is 7.82 Å². The summed E-state index contributed by atoms with van der Waals surface area (Å²) in [7, 11) is -4.47. The number of phosphoric acid groups is 1. The van der Waals surface area contributed by atoms with E-state index >= 15 is 0 Å². The van der Waals surface area contributed by atoms with Crippen LogP contribution in [0.2, 0.25) is 0 Å². The zero-order valence-electron chi connectivity index (χ0n) is 9.70. The molecule has 0 spiro atoms. The third-order valence-electron chi connectivity index (χ3n) is 2.06. The second-order valence-corrected chi connectivity index (χ2v) is 4.77. The standard InChI is InChI=1S/C11H17O5P/c1-2-3-4-9-15-10-5-7-11(8-6-10)16-17(12,13)14/h5-8H,2-4,9H2,1H3,(H2,12,13,14). The van der Waals surface area contributed by atoms with Crippen LogP contribution in [0.4, 0.5) is 0 Å². The summed E-state index contributed by atoms with van der Waals surface area (Å²) in [5, 5.41) is 0. The molecular weight excluding hydrogens is 243 g/mol. The number of hydrogen-bond acceptors (Lipinski definition) is 3. The number of phosphoric ester groups is 1. The van der Waals surface area contributed by atoms with E-state index in [0.717, 1.165) is 19.3 Å². The first kappa shape index (κ1) is 14.0. The van der Waals surface area contributed by atoms with E-state index in [1.54, 1.807) is 12.1 Å². The molecule has 0 bridgehead atoms. The molecule has 0 aliphatic carbocycles. The Labute approximate surface area is 101 Å². The van der Waals surface area contributed by atoms with E-state index in [-0.39, 0.29) is 5.75 Å². The molecule has 96 valence electrons. The molecule has 1 aromatic carbocycles. The first-order valence-corrected chi connectivity index (χ1v) is 7.02. The van der Waals surface area contributed by atoms with Crippen LogP contribution in [-0.4, -0.2) is 16.4 Å². The Hall–Kier alpha value is -1.03. The topological polar surface area (TPSA) is 76.0 Å². The number of benzene rings is 1. The highest BCUT2D eigenvalue weighted by molar-refractivity contribution is 7.46. The summed E-state index contributed by atoms with van der Waals surface area (Å²) in [5.41, 5.74) is 0. The van der Waals surface area contributed by atoms with Crippen molar-refractivity contribution in [3.63, 3.8) is 0 Å². The van der Waals surface area contributed by atoms with Gasteiger partial charge in [-0.2, -0.15) is 0 Å². The fourth-order valence-corrected chi connectivity index (χ4v) is 1.67.